The molecule has 0 spiro atoms. The van der Waals surface area contributed by atoms with Crippen molar-refractivity contribution in [3.05, 3.63) is 35.9 Å². The molecule has 0 aliphatic carbocycles. The van der Waals surface area contributed by atoms with E-state index < -0.39 is 0 Å². The van der Waals surface area contributed by atoms with Crippen LogP contribution >= 0.6 is 0 Å². The summed E-state index contributed by atoms with van der Waals surface area (Å²) in [4.78, 5) is 12.3. The molecule has 2 atom stereocenters. The molecule has 3 heteroatoms. The van der Waals surface area contributed by atoms with Gasteiger partial charge in [0.25, 0.3) is 0 Å². The lowest BCUT2D eigenvalue weighted by atomic mass is 9.97. The van der Waals surface area contributed by atoms with E-state index in [0.717, 1.165) is 24.8 Å². The van der Waals surface area contributed by atoms with Gasteiger partial charge in [-0.05, 0) is 18.4 Å². The Morgan fingerprint density at radius 1 is 1.20 bits per heavy atom. The highest BCUT2D eigenvalue weighted by atomic mass is 16.3. The quantitative estimate of drug-likeness (QED) is 0.679. The third kappa shape index (κ3) is 5.33. The van der Waals surface area contributed by atoms with E-state index in [1.807, 2.05) is 37.3 Å². The number of aliphatic hydroxyl groups is 1. The van der Waals surface area contributed by atoms with Gasteiger partial charge in [0.05, 0.1) is 12.6 Å². The highest BCUT2D eigenvalue weighted by molar-refractivity contribution is 5.79. The second-order valence-corrected chi connectivity index (χ2v) is 5.26. The van der Waals surface area contributed by atoms with Crippen LogP contribution in [-0.4, -0.2) is 17.6 Å². The molecule has 1 aromatic rings. The minimum atomic E-state index is -0.302. The van der Waals surface area contributed by atoms with Gasteiger partial charge in [0.1, 0.15) is 0 Å². The highest BCUT2D eigenvalue weighted by Gasteiger charge is 2.20. The summed E-state index contributed by atoms with van der Waals surface area (Å²) in [7, 11) is 0. The van der Waals surface area contributed by atoms with Crippen LogP contribution < -0.4 is 5.32 Å². The lowest BCUT2D eigenvalue weighted by molar-refractivity contribution is -0.126. The van der Waals surface area contributed by atoms with E-state index >= 15 is 0 Å². The molecule has 0 saturated carbocycles. The average molecular weight is 277 g/mol. The normalized spacial score (nSPS) is 13.8. The molecular weight excluding hydrogens is 250 g/mol. The number of carbonyl (C=O) groups excluding carboxylic acids is 1. The van der Waals surface area contributed by atoms with Crippen molar-refractivity contribution in [1.29, 1.82) is 0 Å². The molecule has 1 aromatic carbocycles. The Kier molecular flexibility index (Phi) is 7.97. The molecule has 112 valence electrons. The lowest BCUT2D eigenvalue weighted by Crippen LogP contribution is -2.35. The molecule has 1 amide bonds. The third-order valence-corrected chi connectivity index (χ3v) is 3.72. The van der Waals surface area contributed by atoms with Crippen molar-refractivity contribution in [1.82, 2.24) is 5.32 Å². The van der Waals surface area contributed by atoms with Crippen LogP contribution in [0, 0.1) is 5.92 Å². The van der Waals surface area contributed by atoms with Crippen molar-refractivity contribution in [3.8, 4) is 0 Å². The number of hydrogen-bond donors (Lipinski definition) is 2. The fourth-order valence-electron chi connectivity index (χ4n) is 2.37. The molecule has 3 nitrogen and oxygen atoms in total. The summed E-state index contributed by atoms with van der Waals surface area (Å²) < 4.78 is 0. The van der Waals surface area contributed by atoms with Crippen LogP contribution in [-0.2, 0) is 4.79 Å². The molecule has 1 rings (SSSR count). The number of rotatable bonds is 9. The number of aliphatic hydroxyl groups excluding tert-OH is 1. The van der Waals surface area contributed by atoms with Crippen molar-refractivity contribution >= 4 is 5.91 Å². The Morgan fingerprint density at radius 2 is 1.90 bits per heavy atom. The van der Waals surface area contributed by atoms with Crippen LogP contribution in [0.2, 0.25) is 0 Å². The molecule has 0 radical (unpaired) electrons. The average Bonchev–Trinajstić information content (AvgIpc) is 2.50. The first-order valence-electron chi connectivity index (χ1n) is 7.69. The fraction of sp³-hybridized carbons (Fsp3) is 0.588. The van der Waals surface area contributed by atoms with Crippen molar-refractivity contribution in [3.63, 3.8) is 0 Å². The monoisotopic (exact) mass is 277 g/mol. The van der Waals surface area contributed by atoms with Gasteiger partial charge in [0.15, 0.2) is 0 Å². The van der Waals surface area contributed by atoms with E-state index in [1.54, 1.807) is 0 Å². The topological polar surface area (TPSA) is 49.3 Å². The van der Waals surface area contributed by atoms with E-state index in [2.05, 4.69) is 12.2 Å². The van der Waals surface area contributed by atoms with Crippen LogP contribution in [0.25, 0.3) is 0 Å². The highest BCUT2D eigenvalue weighted by Crippen LogP contribution is 2.17. The molecule has 0 aromatic heterocycles. The second-order valence-electron chi connectivity index (χ2n) is 5.26. The Morgan fingerprint density at radius 3 is 2.45 bits per heavy atom. The third-order valence-electron chi connectivity index (χ3n) is 3.72. The van der Waals surface area contributed by atoms with Gasteiger partial charge in [0.2, 0.25) is 5.91 Å². The molecule has 0 aliphatic heterocycles. The predicted molar refractivity (Wildman–Crippen MR) is 82.3 cm³/mol. The number of benzene rings is 1. The SMILES string of the molecule is CCCCCC(CC)C(=O)N[C@@H](CO)c1ccccc1. The van der Waals surface area contributed by atoms with Gasteiger partial charge in [-0.2, -0.15) is 0 Å². The first-order valence-corrected chi connectivity index (χ1v) is 7.69. The number of hydrogen-bond acceptors (Lipinski definition) is 2. The van der Waals surface area contributed by atoms with E-state index in [4.69, 9.17) is 0 Å². The van der Waals surface area contributed by atoms with Crippen LogP contribution in [0.3, 0.4) is 0 Å². The predicted octanol–water partition coefficient (Wildman–Crippen LogP) is 3.44. The minimum Gasteiger partial charge on any atom is -0.394 e. The molecule has 20 heavy (non-hydrogen) atoms. The van der Waals surface area contributed by atoms with E-state index in [0.29, 0.717) is 0 Å². The number of amides is 1. The van der Waals surface area contributed by atoms with Gasteiger partial charge >= 0.3 is 0 Å². The maximum atomic E-state index is 12.3. The molecule has 2 N–H and O–H groups in total. The lowest BCUT2D eigenvalue weighted by Gasteiger charge is -2.21. The largest absolute Gasteiger partial charge is 0.394 e. The van der Waals surface area contributed by atoms with Gasteiger partial charge in [0, 0.05) is 5.92 Å². The van der Waals surface area contributed by atoms with Crippen molar-refractivity contribution in [2.45, 2.75) is 52.0 Å². The molecule has 0 fully saturated rings. The number of unbranched alkanes of at least 4 members (excludes halogenated alkanes) is 2. The summed E-state index contributed by atoms with van der Waals surface area (Å²) in [6.07, 6.45) is 5.22. The number of nitrogens with one attached hydrogen (secondary N) is 1. The number of carbonyl (C=O) groups is 1. The first kappa shape index (κ1) is 16.7. The Labute approximate surface area is 122 Å². The van der Waals surface area contributed by atoms with Crippen LogP contribution in [0.15, 0.2) is 30.3 Å². The van der Waals surface area contributed by atoms with Crippen LogP contribution in [0.1, 0.15) is 57.6 Å². The first-order chi connectivity index (χ1) is 9.72. The van der Waals surface area contributed by atoms with Crippen molar-refractivity contribution in [2.24, 2.45) is 5.92 Å². The maximum absolute atomic E-state index is 12.3. The zero-order chi connectivity index (χ0) is 14.8. The smallest absolute Gasteiger partial charge is 0.223 e. The Balaban J connectivity index is 2.57. The zero-order valence-corrected chi connectivity index (χ0v) is 12.6. The summed E-state index contributed by atoms with van der Waals surface area (Å²) in [5.74, 6) is 0.116. The van der Waals surface area contributed by atoms with Crippen molar-refractivity contribution in [2.75, 3.05) is 6.61 Å². The molecule has 0 heterocycles. The molecule has 0 saturated heterocycles. The summed E-state index contributed by atoms with van der Waals surface area (Å²) in [5, 5.41) is 12.5. The second kappa shape index (κ2) is 9.54. The standard InChI is InChI=1S/C17H27NO2/c1-3-5-7-10-14(4-2)17(20)18-16(13-19)15-11-8-6-9-12-15/h6,8-9,11-12,14,16,19H,3-5,7,10,13H2,1-2H3,(H,18,20)/t14?,16-/m0/s1. The molecule has 1 unspecified atom stereocenters. The summed E-state index contributed by atoms with van der Waals surface area (Å²) in [5.41, 5.74) is 0.951. The van der Waals surface area contributed by atoms with Crippen molar-refractivity contribution < 1.29 is 9.90 Å². The van der Waals surface area contributed by atoms with E-state index in [1.165, 1.54) is 12.8 Å². The summed E-state index contributed by atoms with van der Waals surface area (Å²) in [6, 6.07) is 9.33. The summed E-state index contributed by atoms with van der Waals surface area (Å²) in [6.45, 7) is 4.14. The zero-order valence-electron chi connectivity index (χ0n) is 12.6. The van der Waals surface area contributed by atoms with Gasteiger partial charge in [-0.15, -0.1) is 0 Å². The van der Waals surface area contributed by atoms with Gasteiger partial charge in [-0.1, -0.05) is 63.4 Å². The Bertz CT molecular complexity index is 378. The Hall–Kier alpha value is -1.35. The van der Waals surface area contributed by atoms with Gasteiger partial charge < -0.3 is 10.4 Å². The van der Waals surface area contributed by atoms with Gasteiger partial charge in [-0.25, -0.2) is 0 Å². The van der Waals surface area contributed by atoms with E-state index in [9.17, 15) is 9.90 Å². The van der Waals surface area contributed by atoms with Crippen LogP contribution in [0.5, 0.6) is 0 Å². The minimum absolute atomic E-state index is 0.0549. The fourth-order valence-corrected chi connectivity index (χ4v) is 2.37. The molecular formula is C17H27NO2. The van der Waals surface area contributed by atoms with E-state index in [-0.39, 0.29) is 24.5 Å². The maximum Gasteiger partial charge on any atom is 0.223 e. The van der Waals surface area contributed by atoms with Crippen LogP contribution in [0.4, 0.5) is 0 Å². The summed E-state index contributed by atoms with van der Waals surface area (Å²) >= 11 is 0. The van der Waals surface area contributed by atoms with Gasteiger partial charge in [-0.3, -0.25) is 4.79 Å². The molecule has 0 aliphatic rings. The molecule has 0 bridgehead atoms.